The summed E-state index contributed by atoms with van der Waals surface area (Å²) in [6.45, 7) is 3.55. The van der Waals surface area contributed by atoms with E-state index < -0.39 is 15.7 Å². The van der Waals surface area contributed by atoms with Gasteiger partial charge in [-0.05, 0) is 61.6 Å². The first-order chi connectivity index (χ1) is 22.5. The van der Waals surface area contributed by atoms with E-state index in [1.54, 1.807) is 43.7 Å². The molecule has 6 rings (SSSR count). The van der Waals surface area contributed by atoms with Gasteiger partial charge in [-0.25, -0.2) is 17.8 Å². The molecule has 1 saturated heterocycles. The average Bonchev–Trinajstić information content (AvgIpc) is 3.33. The fourth-order valence-electron chi connectivity index (χ4n) is 6.07. The van der Waals surface area contributed by atoms with Gasteiger partial charge in [-0.1, -0.05) is 18.6 Å². The normalized spacial score (nSPS) is 15.6. The average molecular weight is 679 g/mol. The number of halogens is 1. The third-order valence-corrected chi connectivity index (χ3v) is 10.9. The molecule has 0 bridgehead atoms. The van der Waals surface area contributed by atoms with Crippen LogP contribution in [-0.4, -0.2) is 73.5 Å². The number of aromatic nitrogens is 2. The number of anilines is 4. The number of rotatable bonds is 9. The van der Waals surface area contributed by atoms with Crippen molar-refractivity contribution in [3.8, 4) is 11.1 Å². The first-order valence-corrected chi connectivity index (χ1v) is 18.7. The maximum atomic E-state index is 15.9. The summed E-state index contributed by atoms with van der Waals surface area (Å²) in [5.41, 5.74) is 2.89. The lowest BCUT2D eigenvalue weighted by Gasteiger charge is -2.35. The summed E-state index contributed by atoms with van der Waals surface area (Å²) in [5.74, 6) is -0.292. The van der Waals surface area contributed by atoms with Gasteiger partial charge < -0.3 is 20.1 Å². The van der Waals surface area contributed by atoms with Crippen LogP contribution in [0.3, 0.4) is 0 Å². The van der Waals surface area contributed by atoms with E-state index in [1.807, 2.05) is 12.1 Å². The van der Waals surface area contributed by atoms with Gasteiger partial charge in [0.25, 0.3) is 11.5 Å². The van der Waals surface area contributed by atoms with E-state index in [1.165, 1.54) is 45.1 Å². The number of nitrogens with one attached hydrogen (secondary N) is 2. The van der Waals surface area contributed by atoms with Gasteiger partial charge in [-0.15, -0.1) is 11.3 Å². The Kier molecular flexibility index (Phi) is 9.76. The Hall–Kier alpha value is -4.07. The number of fused-ring (bicyclic) bond motifs is 1. The number of sulfone groups is 1. The lowest BCUT2D eigenvalue weighted by atomic mass is 10.1. The largest absolute Gasteiger partial charge is 0.368 e. The highest BCUT2D eigenvalue weighted by Gasteiger charge is 2.21. The molecule has 1 aliphatic heterocycles. The van der Waals surface area contributed by atoms with E-state index in [-0.39, 0.29) is 34.2 Å². The minimum atomic E-state index is -2.99. The summed E-state index contributed by atoms with van der Waals surface area (Å²) in [5, 5.41) is 5.85. The highest BCUT2D eigenvalue weighted by atomic mass is 32.2. The van der Waals surface area contributed by atoms with Crippen LogP contribution in [0.25, 0.3) is 11.1 Å². The zero-order valence-electron chi connectivity index (χ0n) is 26.6. The molecule has 2 N–H and O–H groups in total. The summed E-state index contributed by atoms with van der Waals surface area (Å²) in [6.07, 6.45) is 9.95. The molecule has 0 spiro atoms. The minimum Gasteiger partial charge on any atom is -0.368 e. The summed E-state index contributed by atoms with van der Waals surface area (Å²) in [7, 11) is -1.39. The highest BCUT2D eigenvalue weighted by Crippen LogP contribution is 2.32. The molecule has 248 valence electrons. The van der Waals surface area contributed by atoms with Crippen molar-refractivity contribution in [3.05, 3.63) is 86.3 Å². The standard InChI is InChI=1S/C34H39FN6O4S2/c1-39-22-24(26-8-6-9-27(32(26)35)38-33(42)30-20-23-7-4-3-5-10-29(23)46-30)19-28(34(39)43)37-31-12-11-25(21-36-31)41-15-13-40(14-16-41)17-18-47(2,44)45/h6,8-9,11-12,19-22H,3-5,7,10,13-18H2,1-2H3,(H,36,37)(H,38,42). The highest BCUT2D eigenvalue weighted by molar-refractivity contribution is 7.90. The zero-order valence-corrected chi connectivity index (χ0v) is 28.2. The molecular weight excluding hydrogens is 640 g/mol. The molecule has 1 aliphatic carbocycles. The Morgan fingerprint density at radius 1 is 1.02 bits per heavy atom. The molecule has 1 amide bonds. The van der Waals surface area contributed by atoms with Crippen LogP contribution in [-0.2, 0) is 29.7 Å². The second-order valence-corrected chi connectivity index (χ2v) is 15.7. The maximum absolute atomic E-state index is 15.9. The summed E-state index contributed by atoms with van der Waals surface area (Å²) in [4.78, 5) is 36.9. The lowest BCUT2D eigenvalue weighted by Crippen LogP contribution is -2.47. The molecular formula is C34H39FN6O4S2. The van der Waals surface area contributed by atoms with Gasteiger partial charge >= 0.3 is 0 Å². The molecule has 0 radical (unpaired) electrons. The van der Waals surface area contributed by atoms with Gasteiger partial charge in [-0.2, -0.15) is 0 Å². The van der Waals surface area contributed by atoms with E-state index in [0.29, 0.717) is 22.8 Å². The number of aryl methyl sites for hydroxylation is 3. The number of carbonyl (C=O) groups is 1. The molecule has 0 saturated carbocycles. The summed E-state index contributed by atoms with van der Waals surface area (Å²) in [6, 6.07) is 12.1. The van der Waals surface area contributed by atoms with E-state index in [2.05, 4.69) is 25.4 Å². The van der Waals surface area contributed by atoms with Crippen molar-refractivity contribution in [3.63, 3.8) is 0 Å². The number of nitrogens with zero attached hydrogens (tertiary/aromatic N) is 4. The number of benzene rings is 1. The van der Waals surface area contributed by atoms with Crippen LogP contribution < -0.4 is 21.1 Å². The van der Waals surface area contributed by atoms with Gasteiger partial charge in [0.05, 0.1) is 28.2 Å². The fraction of sp³-hybridized carbons (Fsp3) is 0.382. The number of carbonyl (C=O) groups excluding carboxylic acids is 1. The van der Waals surface area contributed by atoms with Crippen LogP contribution >= 0.6 is 11.3 Å². The molecule has 13 heteroatoms. The van der Waals surface area contributed by atoms with Crippen LogP contribution in [0.5, 0.6) is 0 Å². The van der Waals surface area contributed by atoms with Crippen molar-refractivity contribution in [2.24, 2.45) is 7.05 Å². The van der Waals surface area contributed by atoms with Crippen molar-refractivity contribution in [1.82, 2.24) is 14.5 Å². The van der Waals surface area contributed by atoms with Gasteiger partial charge in [0.2, 0.25) is 0 Å². The molecule has 4 heterocycles. The fourth-order valence-corrected chi connectivity index (χ4v) is 7.81. The predicted octanol–water partition coefficient (Wildman–Crippen LogP) is 5.08. The number of amides is 1. The molecule has 1 aromatic carbocycles. The van der Waals surface area contributed by atoms with E-state index in [4.69, 9.17) is 0 Å². The van der Waals surface area contributed by atoms with Crippen LogP contribution in [0.2, 0.25) is 0 Å². The Labute approximate surface area is 278 Å². The van der Waals surface area contributed by atoms with Crippen LogP contribution in [0.1, 0.15) is 39.4 Å². The predicted molar refractivity (Wildman–Crippen MR) is 186 cm³/mol. The zero-order chi connectivity index (χ0) is 33.1. The number of thiophene rings is 1. The van der Waals surface area contributed by atoms with Crippen molar-refractivity contribution in [1.29, 1.82) is 0 Å². The molecule has 10 nitrogen and oxygen atoms in total. The van der Waals surface area contributed by atoms with Crippen LogP contribution in [0.15, 0.2) is 59.7 Å². The third kappa shape index (κ3) is 7.91. The smallest absolute Gasteiger partial charge is 0.274 e. The Balaban J connectivity index is 1.14. The molecule has 1 fully saturated rings. The Morgan fingerprint density at radius 3 is 2.55 bits per heavy atom. The topological polar surface area (TPSA) is 117 Å². The van der Waals surface area contributed by atoms with Gasteiger partial charge in [0.15, 0.2) is 5.82 Å². The first kappa shape index (κ1) is 32.9. The maximum Gasteiger partial charge on any atom is 0.274 e. The summed E-state index contributed by atoms with van der Waals surface area (Å²) >= 11 is 1.49. The molecule has 4 aromatic rings. The number of pyridine rings is 2. The molecule has 3 aromatic heterocycles. The molecule has 0 atom stereocenters. The first-order valence-electron chi connectivity index (χ1n) is 15.8. The van der Waals surface area contributed by atoms with Crippen LogP contribution in [0, 0.1) is 5.82 Å². The second kappa shape index (κ2) is 14.0. The van der Waals surface area contributed by atoms with E-state index >= 15 is 4.39 Å². The van der Waals surface area contributed by atoms with Crippen LogP contribution in [0.4, 0.5) is 27.3 Å². The van der Waals surface area contributed by atoms with E-state index in [0.717, 1.165) is 57.5 Å². The Bertz CT molecular complexity index is 1910. The quantitative estimate of drug-likeness (QED) is 0.236. The third-order valence-electron chi connectivity index (χ3n) is 8.74. The van der Waals surface area contributed by atoms with Gasteiger partial charge in [0.1, 0.15) is 21.3 Å². The SMILES string of the molecule is Cn1cc(-c2cccc(NC(=O)c3cc4c(s3)CCCCC4)c2F)cc(Nc2ccc(N3CCN(CCS(C)(=O)=O)CC3)cn2)c1=O. The Morgan fingerprint density at radius 2 is 1.81 bits per heavy atom. The van der Waals surface area contributed by atoms with Crippen molar-refractivity contribution >= 4 is 50.0 Å². The lowest BCUT2D eigenvalue weighted by molar-refractivity contribution is 0.103. The van der Waals surface area contributed by atoms with Crippen molar-refractivity contribution < 1.29 is 17.6 Å². The van der Waals surface area contributed by atoms with Crippen molar-refractivity contribution in [2.75, 3.05) is 60.3 Å². The minimum absolute atomic E-state index is 0.0768. The number of hydrogen-bond donors (Lipinski definition) is 2. The number of piperazine rings is 1. The summed E-state index contributed by atoms with van der Waals surface area (Å²) < 4.78 is 40.3. The second-order valence-electron chi connectivity index (χ2n) is 12.3. The number of hydrogen-bond acceptors (Lipinski definition) is 9. The van der Waals surface area contributed by atoms with Gasteiger partial charge in [0, 0.05) is 68.2 Å². The van der Waals surface area contributed by atoms with E-state index in [9.17, 15) is 18.0 Å². The van der Waals surface area contributed by atoms with Gasteiger partial charge in [-0.3, -0.25) is 14.5 Å². The molecule has 2 aliphatic rings. The molecule has 0 unspecified atom stereocenters. The monoisotopic (exact) mass is 678 g/mol. The molecule has 47 heavy (non-hydrogen) atoms. The van der Waals surface area contributed by atoms with Crippen molar-refractivity contribution in [2.45, 2.75) is 32.1 Å².